The van der Waals surface area contributed by atoms with E-state index < -0.39 is 0 Å². The second kappa shape index (κ2) is 6.78. The van der Waals surface area contributed by atoms with Crippen LogP contribution in [-0.4, -0.2) is 44.3 Å². The topological polar surface area (TPSA) is 75.3 Å². The van der Waals surface area contributed by atoms with Crippen LogP contribution in [0.1, 0.15) is 31.6 Å². The number of hydrogen-bond donors (Lipinski definition) is 1. The van der Waals surface area contributed by atoms with Crippen molar-refractivity contribution in [2.75, 3.05) is 13.2 Å². The van der Waals surface area contributed by atoms with Gasteiger partial charge in [0.1, 0.15) is 5.69 Å². The number of likely N-dealkylation sites (tertiary alicyclic amines) is 1. The Kier molecular flexibility index (Phi) is 4.57. The maximum absolute atomic E-state index is 9.17. The minimum Gasteiger partial charge on any atom is -0.396 e. The molecule has 112 valence electrons. The maximum atomic E-state index is 9.17. The molecule has 1 atom stereocenters. The van der Waals surface area contributed by atoms with Gasteiger partial charge in [-0.2, -0.15) is 4.98 Å². The SMILES string of the molecule is OCCC1CCCCN1Cc1nc(-c2ccccn2)no1. The smallest absolute Gasteiger partial charge is 0.241 e. The van der Waals surface area contributed by atoms with Gasteiger partial charge in [-0.15, -0.1) is 0 Å². The zero-order chi connectivity index (χ0) is 14.5. The van der Waals surface area contributed by atoms with Crippen molar-refractivity contribution in [1.29, 1.82) is 0 Å². The lowest BCUT2D eigenvalue weighted by molar-refractivity contribution is 0.100. The van der Waals surface area contributed by atoms with E-state index >= 15 is 0 Å². The fraction of sp³-hybridized carbons (Fsp3) is 0.533. The summed E-state index contributed by atoms with van der Waals surface area (Å²) in [7, 11) is 0. The number of nitrogens with zero attached hydrogens (tertiary/aromatic N) is 4. The van der Waals surface area contributed by atoms with E-state index in [-0.39, 0.29) is 6.61 Å². The van der Waals surface area contributed by atoms with Gasteiger partial charge in [0.25, 0.3) is 0 Å². The highest BCUT2D eigenvalue weighted by Gasteiger charge is 2.24. The summed E-state index contributed by atoms with van der Waals surface area (Å²) in [6.07, 6.45) is 6.06. The molecular formula is C15H20N4O2. The summed E-state index contributed by atoms with van der Waals surface area (Å²) in [6.45, 7) is 1.89. The molecule has 6 nitrogen and oxygen atoms in total. The van der Waals surface area contributed by atoms with Crippen molar-refractivity contribution < 1.29 is 9.63 Å². The van der Waals surface area contributed by atoms with Crippen LogP contribution in [0.15, 0.2) is 28.9 Å². The Bertz CT molecular complexity index is 556. The third-order valence-corrected chi connectivity index (χ3v) is 3.91. The van der Waals surface area contributed by atoms with E-state index in [1.165, 1.54) is 12.8 Å². The molecule has 0 bridgehead atoms. The average molecular weight is 288 g/mol. The molecule has 0 radical (unpaired) electrons. The normalized spacial score (nSPS) is 19.8. The highest BCUT2D eigenvalue weighted by molar-refractivity contribution is 5.46. The average Bonchev–Trinajstić information content (AvgIpc) is 2.99. The van der Waals surface area contributed by atoms with Crippen LogP contribution in [0.25, 0.3) is 11.5 Å². The standard InChI is InChI=1S/C15H20N4O2/c20-10-7-12-5-2-4-9-19(12)11-14-17-15(18-21-14)13-6-1-3-8-16-13/h1,3,6,8,12,20H,2,4-5,7,9-11H2. The van der Waals surface area contributed by atoms with Gasteiger partial charge in [-0.05, 0) is 37.9 Å². The number of aliphatic hydroxyl groups excluding tert-OH is 1. The minimum atomic E-state index is 0.226. The summed E-state index contributed by atoms with van der Waals surface area (Å²) in [4.78, 5) is 11.0. The molecule has 3 heterocycles. The van der Waals surface area contributed by atoms with Crippen molar-refractivity contribution in [3.63, 3.8) is 0 Å². The lowest BCUT2D eigenvalue weighted by Gasteiger charge is -2.34. The minimum absolute atomic E-state index is 0.226. The van der Waals surface area contributed by atoms with Crippen molar-refractivity contribution in [3.8, 4) is 11.5 Å². The van der Waals surface area contributed by atoms with E-state index in [2.05, 4.69) is 20.0 Å². The largest absolute Gasteiger partial charge is 0.396 e. The first-order valence-corrected chi connectivity index (χ1v) is 7.45. The molecule has 0 saturated carbocycles. The van der Waals surface area contributed by atoms with Crippen LogP contribution < -0.4 is 0 Å². The molecule has 2 aromatic heterocycles. The fourth-order valence-corrected chi connectivity index (χ4v) is 2.84. The molecule has 1 saturated heterocycles. The van der Waals surface area contributed by atoms with Gasteiger partial charge in [-0.25, -0.2) is 0 Å². The molecule has 6 heteroatoms. The van der Waals surface area contributed by atoms with Crippen LogP contribution in [0.3, 0.4) is 0 Å². The number of aliphatic hydroxyl groups is 1. The summed E-state index contributed by atoms with van der Waals surface area (Å²) >= 11 is 0. The number of pyridine rings is 1. The molecule has 1 N–H and O–H groups in total. The van der Waals surface area contributed by atoms with Gasteiger partial charge >= 0.3 is 0 Å². The van der Waals surface area contributed by atoms with Gasteiger partial charge in [0.05, 0.1) is 6.54 Å². The molecule has 0 aromatic carbocycles. The molecule has 0 amide bonds. The Hall–Kier alpha value is -1.79. The molecular weight excluding hydrogens is 268 g/mol. The molecule has 0 aliphatic carbocycles. The first-order valence-electron chi connectivity index (χ1n) is 7.45. The first-order chi connectivity index (χ1) is 10.4. The van der Waals surface area contributed by atoms with E-state index in [1.807, 2.05) is 18.2 Å². The Labute approximate surface area is 123 Å². The Balaban J connectivity index is 1.69. The zero-order valence-electron chi connectivity index (χ0n) is 12.0. The van der Waals surface area contributed by atoms with Gasteiger partial charge < -0.3 is 9.63 Å². The van der Waals surface area contributed by atoms with Crippen molar-refractivity contribution in [3.05, 3.63) is 30.3 Å². The zero-order valence-corrected chi connectivity index (χ0v) is 12.0. The van der Waals surface area contributed by atoms with Crippen molar-refractivity contribution >= 4 is 0 Å². The number of hydrogen-bond acceptors (Lipinski definition) is 6. The van der Waals surface area contributed by atoms with Crippen LogP contribution in [0.5, 0.6) is 0 Å². The molecule has 1 fully saturated rings. The van der Waals surface area contributed by atoms with Gasteiger partial charge in [-0.3, -0.25) is 9.88 Å². The lowest BCUT2D eigenvalue weighted by Crippen LogP contribution is -2.39. The van der Waals surface area contributed by atoms with Crippen LogP contribution in [-0.2, 0) is 6.54 Å². The Morgan fingerprint density at radius 3 is 3.10 bits per heavy atom. The predicted octanol–water partition coefficient (Wildman–Crippen LogP) is 1.87. The van der Waals surface area contributed by atoms with Crippen LogP contribution in [0, 0.1) is 0 Å². The fourth-order valence-electron chi connectivity index (χ4n) is 2.84. The van der Waals surface area contributed by atoms with Gasteiger partial charge in [0, 0.05) is 18.8 Å². The summed E-state index contributed by atoms with van der Waals surface area (Å²) in [6, 6.07) is 6.04. The van der Waals surface area contributed by atoms with Crippen molar-refractivity contribution in [1.82, 2.24) is 20.0 Å². The third kappa shape index (κ3) is 3.46. The number of piperidine rings is 1. The van der Waals surface area contributed by atoms with E-state index in [9.17, 15) is 0 Å². The van der Waals surface area contributed by atoms with Crippen LogP contribution in [0.2, 0.25) is 0 Å². The number of rotatable bonds is 5. The van der Waals surface area contributed by atoms with Gasteiger partial charge in [-0.1, -0.05) is 17.6 Å². The highest BCUT2D eigenvalue weighted by Crippen LogP contribution is 2.22. The molecule has 3 rings (SSSR count). The summed E-state index contributed by atoms with van der Waals surface area (Å²) in [5.74, 6) is 1.14. The Morgan fingerprint density at radius 2 is 2.29 bits per heavy atom. The van der Waals surface area contributed by atoms with Gasteiger partial charge in [0.15, 0.2) is 0 Å². The monoisotopic (exact) mass is 288 g/mol. The summed E-state index contributed by atoms with van der Waals surface area (Å²) < 4.78 is 5.34. The van der Waals surface area contributed by atoms with Crippen LogP contribution >= 0.6 is 0 Å². The van der Waals surface area contributed by atoms with E-state index in [4.69, 9.17) is 9.63 Å². The Morgan fingerprint density at radius 1 is 1.33 bits per heavy atom. The maximum Gasteiger partial charge on any atom is 0.241 e. The second-order valence-corrected chi connectivity index (χ2v) is 5.36. The molecule has 0 spiro atoms. The molecule has 21 heavy (non-hydrogen) atoms. The molecule has 1 aliphatic rings. The van der Waals surface area contributed by atoms with Crippen molar-refractivity contribution in [2.24, 2.45) is 0 Å². The third-order valence-electron chi connectivity index (χ3n) is 3.91. The first kappa shape index (κ1) is 14.2. The number of aromatic nitrogens is 3. The van der Waals surface area contributed by atoms with E-state index in [0.717, 1.165) is 25.1 Å². The molecule has 1 unspecified atom stereocenters. The highest BCUT2D eigenvalue weighted by atomic mass is 16.5. The van der Waals surface area contributed by atoms with Gasteiger partial charge in [0.2, 0.25) is 11.7 Å². The lowest BCUT2D eigenvalue weighted by atomic mass is 10.00. The summed E-state index contributed by atoms with van der Waals surface area (Å²) in [5.41, 5.74) is 0.720. The summed E-state index contributed by atoms with van der Waals surface area (Å²) in [5, 5.41) is 13.2. The molecule has 1 aliphatic heterocycles. The van der Waals surface area contributed by atoms with Crippen molar-refractivity contribution in [2.45, 2.75) is 38.3 Å². The second-order valence-electron chi connectivity index (χ2n) is 5.36. The predicted molar refractivity (Wildman–Crippen MR) is 77.3 cm³/mol. The van der Waals surface area contributed by atoms with E-state index in [1.54, 1.807) is 6.20 Å². The van der Waals surface area contributed by atoms with Crippen LogP contribution in [0.4, 0.5) is 0 Å². The molecule has 2 aromatic rings. The quantitative estimate of drug-likeness (QED) is 0.905. The van der Waals surface area contributed by atoms with E-state index in [0.29, 0.717) is 24.3 Å².